The molecule has 3 aromatic carbocycles. The predicted molar refractivity (Wildman–Crippen MR) is 143 cm³/mol. The van der Waals surface area contributed by atoms with Crippen molar-refractivity contribution in [1.82, 2.24) is 15.0 Å². The van der Waals surface area contributed by atoms with E-state index in [1.807, 2.05) is 31.2 Å². The molecule has 1 aliphatic rings. The van der Waals surface area contributed by atoms with Gasteiger partial charge in [-0.3, -0.25) is 10.2 Å². The molecule has 0 saturated heterocycles. The van der Waals surface area contributed by atoms with Crippen molar-refractivity contribution in [3.05, 3.63) is 112 Å². The first-order chi connectivity index (χ1) is 17.7. The first kappa shape index (κ1) is 21.9. The van der Waals surface area contributed by atoms with Crippen LogP contribution in [0.3, 0.4) is 0 Å². The summed E-state index contributed by atoms with van der Waals surface area (Å²) in [5.74, 6) is -0.313. The summed E-state index contributed by atoms with van der Waals surface area (Å²) in [5, 5.41) is 8.11. The standard InChI is InChI=1S/C30H25N5O/c1-20-29-25(18-22(32-20)19-31-34-28-24-14-5-7-15-26(24)33-30(28)36)23-13-6-8-16-27(23)35(29)17-9-12-21-10-3-2-4-11-21/h2-8,10-11,13-16,18-19H,9,12,17H2,1H3,(H,33,34,36). The van der Waals surface area contributed by atoms with Crippen molar-refractivity contribution in [3.8, 4) is 0 Å². The fraction of sp³-hybridized carbons (Fsp3) is 0.133. The van der Waals surface area contributed by atoms with Gasteiger partial charge >= 0.3 is 0 Å². The summed E-state index contributed by atoms with van der Waals surface area (Å²) < 4.78 is 2.39. The summed E-state index contributed by atoms with van der Waals surface area (Å²) >= 11 is 0. The fourth-order valence-electron chi connectivity index (χ4n) is 5.01. The number of aryl methyl sites for hydroxylation is 3. The van der Waals surface area contributed by atoms with Gasteiger partial charge in [0.05, 0.1) is 28.5 Å². The molecule has 6 heteroatoms. The second kappa shape index (κ2) is 9.23. The van der Waals surface area contributed by atoms with Crippen molar-refractivity contribution in [3.63, 3.8) is 0 Å². The number of amides is 1. The molecule has 0 atom stereocenters. The minimum atomic E-state index is -0.313. The maximum atomic E-state index is 12.3. The van der Waals surface area contributed by atoms with Crippen LogP contribution < -0.4 is 16.0 Å². The van der Waals surface area contributed by atoms with Crippen LogP contribution in [0.25, 0.3) is 27.5 Å². The molecule has 6 rings (SSSR count). The second-order valence-corrected chi connectivity index (χ2v) is 8.97. The first-order valence-corrected chi connectivity index (χ1v) is 12.1. The number of rotatable bonds is 7. The smallest absolute Gasteiger partial charge is 0.296 e. The first-order valence-electron chi connectivity index (χ1n) is 12.1. The molecule has 5 aromatic rings. The van der Waals surface area contributed by atoms with Gasteiger partial charge in [0.15, 0.2) is 0 Å². The van der Waals surface area contributed by atoms with E-state index in [9.17, 15) is 4.79 Å². The molecule has 1 amide bonds. The molecule has 1 aliphatic heterocycles. The van der Waals surface area contributed by atoms with E-state index in [1.165, 1.54) is 16.5 Å². The van der Waals surface area contributed by atoms with E-state index >= 15 is 0 Å². The third kappa shape index (κ3) is 3.96. The Morgan fingerprint density at radius 3 is 2.61 bits per heavy atom. The number of para-hydroxylation sites is 2. The van der Waals surface area contributed by atoms with Gasteiger partial charge in [-0.15, -0.1) is 0 Å². The van der Waals surface area contributed by atoms with E-state index in [0.29, 0.717) is 11.1 Å². The number of pyridine rings is 1. The topological polar surface area (TPSA) is 71.6 Å². The van der Waals surface area contributed by atoms with E-state index in [4.69, 9.17) is 4.98 Å². The van der Waals surface area contributed by atoms with Crippen LogP contribution in [0.2, 0.25) is 0 Å². The minimum Gasteiger partial charge on any atom is -0.339 e. The third-order valence-electron chi connectivity index (χ3n) is 6.61. The highest BCUT2D eigenvalue weighted by atomic mass is 16.1. The van der Waals surface area contributed by atoms with Crippen molar-refractivity contribution in [2.75, 3.05) is 0 Å². The van der Waals surface area contributed by atoms with Gasteiger partial charge in [-0.2, -0.15) is 5.10 Å². The Morgan fingerprint density at radius 1 is 0.944 bits per heavy atom. The number of benzene rings is 3. The van der Waals surface area contributed by atoms with Crippen LogP contribution in [-0.4, -0.2) is 21.7 Å². The summed E-state index contributed by atoms with van der Waals surface area (Å²) in [5.41, 5.74) is 8.68. The number of nitrogens with zero attached hydrogens (tertiary/aromatic N) is 4. The number of hydrogen-bond acceptors (Lipinski definition) is 4. The molecule has 0 saturated carbocycles. The molecule has 176 valence electrons. The highest BCUT2D eigenvalue weighted by Gasteiger charge is 2.16. The fourth-order valence-corrected chi connectivity index (χ4v) is 5.01. The molecule has 0 spiro atoms. The van der Waals surface area contributed by atoms with Gasteiger partial charge in [0.2, 0.25) is 0 Å². The molecular formula is C30H25N5O. The largest absolute Gasteiger partial charge is 0.339 e. The summed E-state index contributed by atoms with van der Waals surface area (Å²) in [7, 11) is 0. The molecule has 0 bridgehead atoms. The lowest BCUT2D eigenvalue weighted by Gasteiger charge is -2.09. The zero-order valence-corrected chi connectivity index (χ0v) is 20.0. The number of hydrogen-bond donors (Lipinski definition) is 1. The van der Waals surface area contributed by atoms with Gasteiger partial charge in [0.1, 0.15) is 5.70 Å². The van der Waals surface area contributed by atoms with Crippen LogP contribution >= 0.6 is 0 Å². The van der Waals surface area contributed by atoms with Crippen LogP contribution in [0, 0.1) is 6.92 Å². The molecule has 6 nitrogen and oxygen atoms in total. The van der Waals surface area contributed by atoms with E-state index in [1.54, 1.807) is 6.21 Å². The summed E-state index contributed by atoms with van der Waals surface area (Å²) in [6.45, 7) is 2.96. The van der Waals surface area contributed by atoms with Crippen molar-refractivity contribution < 1.29 is 4.79 Å². The van der Waals surface area contributed by atoms with E-state index in [0.717, 1.165) is 46.9 Å². The van der Waals surface area contributed by atoms with Crippen LogP contribution in [-0.2, 0) is 17.8 Å². The molecule has 1 N–H and O–H groups in total. The minimum absolute atomic E-state index is 0.313. The zero-order valence-electron chi connectivity index (χ0n) is 20.0. The number of hydrazone groups is 1. The van der Waals surface area contributed by atoms with Gasteiger partial charge in [0.25, 0.3) is 5.91 Å². The van der Waals surface area contributed by atoms with Crippen molar-refractivity contribution in [2.45, 2.75) is 26.3 Å². The number of nitrogens with one attached hydrogen (secondary N) is 1. The molecule has 2 aromatic heterocycles. The lowest BCUT2D eigenvalue weighted by atomic mass is 10.1. The lowest BCUT2D eigenvalue weighted by Crippen LogP contribution is -2.26. The van der Waals surface area contributed by atoms with Crippen molar-refractivity contribution in [1.29, 1.82) is 0 Å². The Bertz CT molecular complexity index is 1770. The zero-order chi connectivity index (χ0) is 24.5. The van der Waals surface area contributed by atoms with Gasteiger partial charge in [-0.25, -0.2) is 9.98 Å². The SMILES string of the molecule is Cc1nc(C=NNC2=c3ccccc3=NC2=O)cc2c3ccccc3n(CCCc3ccccc3)c12. The Labute approximate surface area is 208 Å². The Balaban J connectivity index is 1.32. The highest BCUT2D eigenvalue weighted by Crippen LogP contribution is 2.31. The maximum Gasteiger partial charge on any atom is 0.296 e. The van der Waals surface area contributed by atoms with E-state index < -0.39 is 0 Å². The van der Waals surface area contributed by atoms with E-state index in [-0.39, 0.29) is 5.91 Å². The Kier molecular flexibility index (Phi) is 5.62. The average molecular weight is 472 g/mol. The second-order valence-electron chi connectivity index (χ2n) is 8.97. The summed E-state index contributed by atoms with van der Waals surface area (Å²) in [4.78, 5) is 21.2. The van der Waals surface area contributed by atoms with Gasteiger partial charge in [-0.05, 0) is 43.5 Å². The number of carbonyl (C=O) groups is 1. The van der Waals surface area contributed by atoms with Gasteiger partial charge in [0, 0.05) is 28.1 Å². The normalized spacial score (nSPS) is 13.0. The molecule has 3 heterocycles. The summed E-state index contributed by atoms with van der Waals surface area (Å²) in [6, 6.07) is 28.6. The van der Waals surface area contributed by atoms with Crippen LogP contribution in [0.5, 0.6) is 0 Å². The quantitative estimate of drug-likeness (QED) is 0.288. The van der Waals surface area contributed by atoms with Crippen molar-refractivity contribution >= 4 is 39.6 Å². The maximum absolute atomic E-state index is 12.3. The van der Waals surface area contributed by atoms with Gasteiger partial charge < -0.3 is 4.57 Å². The lowest BCUT2D eigenvalue weighted by molar-refractivity contribution is -0.113. The summed E-state index contributed by atoms with van der Waals surface area (Å²) in [6.07, 6.45) is 3.74. The monoisotopic (exact) mass is 471 g/mol. The molecule has 36 heavy (non-hydrogen) atoms. The van der Waals surface area contributed by atoms with Crippen molar-refractivity contribution in [2.24, 2.45) is 10.1 Å². The molecular weight excluding hydrogens is 446 g/mol. The van der Waals surface area contributed by atoms with Crippen LogP contribution in [0.4, 0.5) is 0 Å². The average Bonchev–Trinajstić information content (AvgIpc) is 3.39. The number of fused-ring (bicyclic) bond motifs is 4. The van der Waals surface area contributed by atoms with E-state index in [2.05, 4.69) is 80.8 Å². The van der Waals surface area contributed by atoms with Crippen LogP contribution in [0.1, 0.15) is 23.4 Å². The number of aromatic nitrogens is 2. The van der Waals surface area contributed by atoms with Gasteiger partial charge in [-0.1, -0.05) is 66.7 Å². The predicted octanol–water partition coefficient (Wildman–Crippen LogP) is 4.02. The molecule has 0 radical (unpaired) electrons. The molecule has 0 unspecified atom stereocenters. The third-order valence-corrected chi connectivity index (χ3v) is 6.61. The Morgan fingerprint density at radius 2 is 1.72 bits per heavy atom. The number of carbonyl (C=O) groups excluding carboxylic acids is 1. The Hall–Kier alpha value is -4.58. The molecule has 0 aliphatic carbocycles. The molecule has 0 fully saturated rings. The van der Waals surface area contributed by atoms with Crippen LogP contribution in [0.15, 0.2) is 95.0 Å². The highest BCUT2D eigenvalue weighted by molar-refractivity contribution is 6.14.